The molecule has 0 aliphatic carbocycles. The van der Waals surface area contributed by atoms with Crippen LogP contribution in [0.3, 0.4) is 0 Å². The number of carbonyl (C=O) groups excluding carboxylic acids is 1. The number of benzene rings is 2. The molecule has 1 amide bonds. The van der Waals surface area contributed by atoms with Crippen LogP contribution in [0.15, 0.2) is 66.3 Å². The number of thiazole rings is 1. The molecule has 182 valence electrons. The molecule has 0 saturated carbocycles. The number of unbranched alkanes of at least 4 members (excludes halogenated alkanes) is 1. The zero-order valence-electron chi connectivity index (χ0n) is 18.5. The van der Waals surface area contributed by atoms with Crippen LogP contribution >= 0.6 is 11.3 Å². The zero-order valence-corrected chi connectivity index (χ0v) is 19.4. The number of halogens is 3. The fraction of sp³-hybridized carbons (Fsp3) is 0.250. The van der Waals surface area contributed by atoms with E-state index in [1.807, 2.05) is 35.1 Å². The van der Waals surface area contributed by atoms with Gasteiger partial charge in [-0.2, -0.15) is 13.2 Å². The van der Waals surface area contributed by atoms with Crippen molar-refractivity contribution in [3.05, 3.63) is 88.7 Å². The lowest BCUT2D eigenvalue weighted by Gasteiger charge is -2.08. The summed E-state index contributed by atoms with van der Waals surface area (Å²) in [6.07, 6.45) is 2.00. The maximum Gasteiger partial charge on any atom is 0.416 e. The number of anilines is 1. The molecule has 2 aromatic carbocycles. The van der Waals surface area contributed by atoms with Gasteiger partial charge in [0.25, 0.3) is 5.91 Å². The third-order valence-corrected chi connectivity index (χ3v) is 5.92. The predicted octanol–water partition coefficient (Wildman–Crippen LogP) is 5.61. The third-order valence-electron chi connectivity index (χ3n) is 5.11. The lowest BCUT2D eigenvalue weighted by atomic mass is 10.1. The van der Waals surface area contributed by atoms with Crippen LogP contribution in [0.2, 0.25) is 0 Å². The highest BCUT2D eigenvalue weighted by molar-refractivity contribution is 7.13. The van der Waals surface area contributed by atoms with Crippen molar-refractivity contribution >= 4 is 22.4 Å². The summed E-state index contributed by atoms with van der Waals surface area (Å²) in [7, 11) is 0. The monoisotopic (exact) mass is 501 g/mol. The number of alkyl halides is 3. The fourth-order valence-electron chi connectivity index (χ4n) is 3.30. The van der Waals surface area contributed by atoms with Crippen molar-refractivity contribution in [1.82, 2.24) is 20.0 Å². The number of amides is 1. The topological polar surface area (TPSA) is 81.9 Å². The minimum Gasteiger partial charge on any atom is -0.487 e. The van der Waals surface area contributed by atoms with Crippen LogP contribution in [-0.2, 0) is 25.7 Å². The van der Waals surface area contributed by atoms with Crippen molar-refractivity contribution in [1.29, 1.82) is 0 Å². The summed E-state index contributed by atoms with van der Waals surface area (Å²) in [4.78, 5) is 16.6. The lowest BCUT2D eigenvalue weighted by Crippen LogP contribution is -2.14. The van der Waals surface area contributed by atoms with E-state index < -0.39 is 17.6 Å². The van der Waals surface area contributed by atoms with Gasteiger partial charge in [0.05, 0.1) is 17.5 Å². The van der Waals surface area contributed by atoms with Crippen molar-refractivity contribution in [3.8, 4) is 5.75 Å². The van der Waals surface area contributed by atoms with Crippen LogP contribution in [0.1, 0.15) is 40.0 Å². The van der Waals surface area contributed by atoms with Gasteiger partial charge >= 0.3 is 6.18 Å². The van der Waals surface area contributed by atoms with Crippen molar-refractivity contribution in [3.63, 3.8) is 0 Å². The van der Waals surface area contributed by atoms with E-state index in [1.165, 1.54) is 29.0 Å². The Balaban J connectivity index is 1.23. The minimum atomic E-state index is -4.52. The molecule has 4 rings (SSSR count). The van der Waals surface area contributed by atoms with E-state index in [2.05, 4.69) is 20.6 Å². The van der Waals surface area contributed by atoms with Crippen LogP contribution < -0.4 is 10.1 Å². The van der Waals surface area contributed by atoms with Gasteiger partial charge < -0.3 is 4.74 Å². The Morgan fingerprint density at radius 3 is 2.69 bits per heavy atom. The van der Waals surface area contributed by atoms with Gasteiger partial charge in [0, 0.05) is 23.7 Å². The average Bonchev–Trinajstić information content (AvgIpc) is 3.53. The molecule has 35 heavy (non-hydrogen) atoms. The molecule has 2 heterocycles. The molecule has 11 heteroatoms. The summed E-state index contributed by atoms with van der Waals surface area (Å²) in [5.41, 5.74) is 0.846. The van der Waals surface area contributed by atoms with Gasteiger partial charge in [-0.15, -0.1) is 16.4 Å². The van der Waals surface area contributed by atoms with Crippen LogP contribution in [0.25, 0.3) is 0 Å². The van der Waals surface area contributed by atoms with Crippen LogP contribution in [0, 0.1) is 0 Å². The lowest BCUT2D eigenvalue weighted by molar-refractivity contribution is -0.137. The summed E-state index contributed by atoms with van der Waals surface area (Å²) in [6, 6.07) is 12.1. The highest BCUT2D eigenvalue weighted by atomic mass is 32.1. The Morgan fingerprint density at radius 2 is 1.94 bits per heavy atom. The number of carbonyl (C=O) groups is 1. The van der Waals surface area contributed by atoms with Gasteiger partial charge in [0.1, 0.15) is 12.4 Å². The number of ether oxygens (including phenoxy) is 1. The molecule has 2 aromatic heterocycles. The first-order valence-electron chi connectivity index (χ1n) is 10.9. The molecular weight excluding hydrogens is 479 g/mol. The van der Waals surface area contributed by atoms with E-state index in [0.717, 1.165) is 37.9 Å². The second-order valence-corrected chi connectivity index (χ2v) is 8.59. The minimum absolute atomic E-state index is 0.0914. The van der Waals surface area contributed by atoms with Crippen molar-refractivity contribution < 1.29 is 22.7 Å². The number of hydrogen-bond acceptors (Lipinski definition) is 6. The first kappa shape index (κ1) is 24.4. The third kappa shape index (κ3) is 7.12. The van der Waals surface area contributed by atoms with Gasteiger partial charge in [0.15, 0.2) is 5.13 Å². The first-order valence-corrected chi connectivity index (χ1v) is 11.7. The molecule has 0 radical (unpaired) electrons. The summed E-state index contributed by atoms with van der Waals surface area (Å²) < 4.78 is 46.2. The summed E-state index contributed by atoms with van der Waals surface area (Å²) in [5.74, 6) is 0.0358. The molecule has 0 fully saturated rings. The van der Waals surface area contributed by atoms with Gasteiger partial charge in [-0.1, -0.05) is 23.4 Å². The molecule has 0 aliphatic rings. The molecule has 4 aromatic rings. The Kier molecular flexibility index (Phi) is 7.76. The van der Waals surface area contributed by atoms with Crippen LogP contribution in [-0.4, -0.2) is 25.9 Å². The molecular formula is C24H22F3N5O2S. The number of aromatic nitrogens is 4. The molecule has 0 saturated heterocycles. The smallest absolute Gasteiger partial charge is 0.416 e. The molecule has 0 atom stereocenters. The largest absolute Gasteiger partial charge is 0.487 e. The van der Waals surface area contributed by atoms with E-state index >= 15 is 0 Å². The van der Waals surface area contributed by atoms with E-state index in [9.17, 15) is 18.0 Å². The van der Waals surface area contributed by atoms with Gasteiger partial charge in [-0.05, 0) is 55.2 Å². The highest BCUT2D eigenvalue weighted by Crippen LogP contribution is 2.30. The summed E-state index contributed by atoms with van der Waals surface area (Å²) >= 11 is 1.17. The van der Waals surface area contributed by atoms with E-state index in [4.69, 9.17) is 4.74 Å². The molecule has 0 aliphatic heterocycles. The second kappa shape index (κ2) is 11.1. The van der Waals surface area contributed by atoms with Crippen LogP contribution in [0.5, 0.6) is 5.75 Å². The van der Waals surface area contributed by atoms with E-state index in [1.54, 1.807) is 11.6 Å². The Hall–Kier alpha value is -3.73. The maximum absolute atomic E-state index is 12.9. The SMILES string of the molecule is O=C(Nc1nc(COc2ccc(CCCCn3ccnn3)cc2)cs1)c1cccc(C(F)(F)F)c1. The molecule has 7 nitrogen and oxygen atoms in total. The maximum atomic E-state index is 12.9. The average molecular weight is 502 g/mol. The van der Waals surface area contributed by atoms with E-state index in [-0.39, 0.29) is 17.3 Å². The normalized spacial score (nSPS) is 11.4. The predicted molar refractivity (Wildman–Crippen MR) is 125 cm³/mol. The quantitative estimate of drug-likeness (QED) is 0.286. The molecule has 0 bridgehead atoms. The van der Waals surface area contributed by atoms with Crippen molar-refractivity contribution in [2.45, 2.75) is 38.6 Å². The molecule has 0 unspecified atom stereocenters. The molecule has 1 N–H and O–H groups in total. The number of nitrogens with one attached hydrogen (secondary N) is 1. The number of nitrogens with zero attached hydrogens (tertiary/aromatic N) is 4. The van der Waals surface area contributed by atoms with Gasteiger partial charge in [-0.3, -0.25) is 14.8 Å². The summed E-state index contributed by atoms with van der Waals surface area (Å²) in [6.45, 7) is 1.05. The number of aryl methyl sites for hydroxylation is 2. The van der Waals surface area contributed by atoms with Crippen molar-refractivity contribution in [2.75, 3.05) is 5.32 Å². The van der Waals surface area contributed by atoms with Gasteiger partial charge in [0.2, 0.25) is 0 Å². The Bertz CT molecular complexity index is 1240. The number of rotatable bonds is 10. The molecule has 0 spiro atoms. The second-order valence-electron chi connectivity index (χ2n) is 7.73. The van der Waals surface area contributed by atoms with Crippen LogP contribution in [0.4, 0.5) is 18.3 Å². The van der Waals surface area contributed by atoms with E-state index in [0.29, 0.717) is 11.4 Å². The Morgan fingerprint density at radius 1 is 1.11 bits per heavy atom. The van der Waals surface area contributed by atoms with Crippen molar-refractivity contribution in [2.24, 2.45) is 0 Å². The Labute approximate surface area is 203 Å². The highest BCUT2D eigenvalue weighted by Gasteiger charge is 2.31. The van der Waals surface area contributed by atoms with Gasteiger partial charge in [-0.25, -0.2) is 4.98 Å². The first-order chi connectivity index (χ1) is 16.9. The fourth-order valence-corrected chi connectivity index (χ4v) is 3.99. The standard InChI is InChI=1S/C24H22F3N5O2S/c25-24(26,27)19-6-3-5-18(14-19)22(33)30-23-29-20(16-35-23)15-34-21-9-7-17(8-10-21)4-1-2-12-32-13-11-28-31-32/h3,5-11,13-14,16H,1-2,4,12,15H2,(H,29,30,33). The zero-order chi connectivity index (χ0) is 24.7. The number of hydrogen-bond donors (Lipinski definition) is 1. The summed E-state index contributed by atoms with van der Waals surface area (Å²) in [5, 5.41) is 12.3.